The van der Waals surface area contributed by atoms with Crippen LogP contribution in [0.1, 0.15) is 18.4 Å². The molecule has 7 nitrogen and oxygen atoms in total. The number of piperidine rings is 1. The Morgan fingerprint density at radius 1 is 1.12 bits per heavy atom. The molecule has 1 N–H and O–H groups in total. The molecule has 8 heteroatoms. The molecule has 3 heterocycles. The number of halogens is 1. The SMILES string of the molecule is Clc1ccc(CCNc2nncc(N3CCC4(CC3)OCCO4)n2)cc1. The van der Waals surface area contributed by atoms with Crippen molar-refractivity contribution < 1.29 is 9.47 Å². The largest absolute Gasteiger partial charge is 0.355 e. The Labute approximate surface area is 157 Å². The summed E-state index contributed by atoms with van der Waals surface area (Å²) in [6.45, 7) is 3.79. The fourth-order valence-electron chi connectivity index (χ4n) is 3.35. The predicted molar refractivity (Wildman–Crippen MR) is 99.6 cm³/mol. The summed E-state index contributed by atoms with van der Waals surface area (Å²) in [5, 5.41) is 12.2. The lowest BCUT2D eigenvalue weighted by atomic mass is 10.0. The quantitative estimate of drug-likeness (QED) is 0.860. The second kappa shape index (κ2) is 7.73. The van der Waals surface area contributed by atoms with E-state index in [1.165, 1.54) is 5.56 Å². The van der Waals surface area contributed by atoms with Gasteiger partial charge in [0.1, 0.15) is 0 Å². The van der Waals surface area contributed by atoms with Gasteiger partial charge in [-0.15, -0.1) is 5.10 Å². The normalized spacial score (nSPS) is 19.0. The van der Waals surface area contributed by atoms with Crippen LogP contribution in [-0.2, 0) is 15.9 Å². The first-order chi connectivity index (χ1) is 12.7. The summed E-state index contributed by atoms with van der Waals surface area (Å²) in [4.78, 5) is 6.80. The number of ether oxygens (including phenoxy) is 2. The third-order valence-electron chi connectivity index (χ3n) is 4.82. The Morgan fingerprint density at radius 2 is 1.85 bits per heavy atom. The van der Waals surface area contributed by atoms with Gasteiger partial charge in [0, 0.05) is 37.5 Å². The number of hydrogen-bond acceptors (Lipinski definition) is 7. The number of rotatable bonds is 5. The molecule has 0 bridgehead atoms. The van der Waals surface area contributed by atoms with Gasteiger partial charge in [-0.2, -0.15) is 10.1 Å². The molecule has 0 amide bonds. The zero-order valence-electron chi connectivity index (χ0n) is 14.5. The van der Waals surface area contributed by atoms with Crippen LogP contribution < -0.4 is 10.2 Å². The monoisotopic (exact) mass is 375 g/mol. The Balaban J connectivity index is 1.31. The number of aromatic nitrogens is 3. The first kappa shape index (κ1) is 17.5. The van der Waals surface area contributed by atoms with Crippen molar-refractivity contribution in [2.24, 2.45) is 0 Å². The van der Waals surface area contributed by atoms with E-state index in [0.29, 0.717) is 19.2 Å². The minimum Gasteiger partial charge on any atom is -0.355 e. The van der Waals surface area contributed by atoms with Crippen molar-refractivity contribution in [3.05, 3.63) is 41.0 Å². The molecule has 138 valence electrons. The Morgan fingerprint density at radius 3 is 2.58 bits per heavy atom. The standard InChI is InChI=1S/C18H22ClN5O2/c19-15-3-1-14(2-4-15)5-8-20-17-22-16(13-21-23-17)24-9-6-18(7-10-24)25-11-12-26-18/h1-4,13H,5-12H2,(H,20,22,23). The van der Waals surface area contributed by atoms with Crippen molar-refractivity contribution in [2.75, 3.05) is 43.1 Å². The van der Waals surface area contributed by atoms with E-state index in [9.17, 15) is 0 Å². The van der Waals surface area contributed by atoms with Crippen molar-refractivity contribution in [2.45, 2.75) is 25.0 Å². The third kappa shape index (κ3) is 4.06. The van der Waals surface area contributed by atoms with E-state index >= 15 is 0 Å². The number of benzene rings is 1. The fraction of sp³-hybridized carbons (Fsp3) is 0.500. The van der Waals surface area contributed by atoms with E-state index in [4.69, 9.17) is 21.1 Å². The maximum Gasteiger partial charge on any atom is 0.244 e. The van der Waals surface area contributed by atoms with Gasteiger partial charge < -0.3 is 19.7 Å². The Kier molecular flexibility index (Phi) is 5.19. The molecule has 2 aromatic rings. The van der Waals surface area contributed by atoms with E-state index < -0.39 is 0 Å². The second-order valence-corrected chi connectivity index (χ2v) is 6.97. The van der Waals surface area contributed by atoms with E-state index in [2.05, 4.69) is 25.4 Å². The topological polar surface area (TPSA) is 72.4 Å². The summed E-state index contributed by atoms with van der Waals surface area (Å²) >= 11 is 5.91. The molecule has 2 fully saturated rings. The van der Waals surface area contributed by atoms with Crippen molar-refractivity contribution in [3.8, 4) is 0 Å². The molecule has 0 radical (unpaired) electrons. The summed E-state index contributed by atoms with van der Waals surface area (Å²) in [6, 6.07) is 7.85. The van der Waals surface area contributed by atoms with Gasteiger partial charge in [-0.3, -0.25) is 0 Å². The van der Waals surface area contributed by atoms with Gasteiger partial charge in [0.25, 0.3) is 0 Å². The number of nitrogens with one attached hydrogen (secondary N) is 1. The first-order valence-electron chi connectivity index (χ1n) is 8.93. The van der Waals surface area contributed by atoms with E-state index in [1.54, 1.807) is 6.20 Å². The van der Waals surface area contributed by atoms with Gasteiger partial charge in [0.15, 0.2) is 11.6 Å². The molecule has 2 saturated heterocycles. The van der Waals surface area contributed by atoms with Crippen LogP contribution in [0.5, 0.6) is 0 Å². The summed E-state index contributed by atoms with van der Waals surface area (Å²) in [7, 11) is 0. The maximum atomic E-state index is 5.91. The molecule has 1 aromatic heterocycles. The van der Waals surface area contributed by atoms with Crippen LogP contribution >= 0.6 is 11.6 Å². The molecule has 2 aliphatic rings. The Bertz CT molecular complexity index is 727. The van der Waals surface area contributed by atoms with Crippen LogP contribution in [0.4, 0.5) is 11.8 Å². The third-order valence-corrected chi connectivity index (χ3v) is 5.07. The molecule has 0 saturated carbocycles. The maximum absolute atomic E-state index is 5.91. The van der Waals surface area contributed by atoms with Gasteiger partial charge in [0.05, 0.1) is 19.4 Å². The smallest absolute Gasteiger partial charge is 0.244 e. The molecule has 1 aromatic carbocycles. The van der Waals surface area contributed by atoms with Gasteiger partial charge in [-0.1, -0.05) is 23.7 Å². The lowest BCUT2D eigenvalue weighted by Crippen LogP contribution is -2.45. The molecule has 2 aliphatic heterocycles. The van der Waals surface area contributed by atoms with Gasteiger partial charge in [-0.05, 0) is 24.1 Å². The second-order valence-electron chi connectivity index (χ2n) is 6.54. The van der Waals surface area contributed by atoms with Crippen molar-refractivity contribution in [3.63, 3.8) is 0 Å². The van der Waals surface area contributed by atoms with Crippen molar-refractivity contribution in [1.82, 2.24) is 15.2 Å². The molecule has 26 heavy (non-hydrogen) atoms. The van der Waals surface area contributed by atoms with Crippen LogP contribution in [0, 0.1) is 0 Å². The summed E-state index contributed by atoms with van der Waals surface area (Å²) in [6.07, 6.45) is 4.26. The zero-order valence-corrected chi connectivity index (χ0v) is 15.3. The predicted octanol–water partition coefficient (Wildman–Crippen LogP) is 2.52. The minimum absolute atomic E-state index is 0.378. The average molecular weight is 376 g/mol. The summed E-state index contributed by atoms with van der Waals surface area (Å²) < 4.78 is 11.5. The van der Waals surface area contributed by atoms with Crippen LogP contribution in [0.25, 0.3) is 0 Å². The Hall–Kier alpha value is -1.96. The van der Waals surface area contributed by atoms with Crippen molar-refractivity contribution in [1.29, 1.82) is 0 Å². The van der Waals surface area contributed by atoms with Crippen LogP contribution in [-0.4, -0.2) is 53.8 Å². The highest BCUT2D eigenvalue weighted by molar-refractivity contribution is 6.30. The van der Waals surface area contributed by atoms with Crippen molar-refractivity contribution >= 4 is 23.4 Å². The van der Waals surface area contributed by atoms with Gasteiger partial charge in [-0.25, -0.2) is 0 Å². The van der Waals surface area contributed by atoms with Crippen LogP contribution in [0.2, 0.25) is 5.02 Å². The van der Waals surface area contributed by atoms with Gasteiger partial charge in [0.2, 0.25) is 5.95 Å². The van der Waals surface area contributed by atoms with E-state index in [0.717, 1.165) is 49.7 Å². The zero-order chi connectivity index (χ0) is 17.8. The van der Waals surface area contributed by atoms with E-state index in [-0.39, 0.29) is 5.79 Å². The molecule has 0 atom stereocenters. The van der Waals surface area contributed by atoms with Crippen LogP contribution in [0.15, 0.2) is 30.5 Å². The number of anilines is 2. The van der Waals surface area contributed by atoms with Crippen LogP contribution in [0.3, 0.4) is 0 Å². The molecule has 0 unspecified atom stereocenters. The molecular weight excluding hydrogens is 354 g/mol. The summed E-state index contributed by atoms with van der Waals surface area (Å²) in [5.74, 6) is 1.00. The molecular formula is C18H22ClN5O2. The highest BCUT2D eigenvalue weighted by atomic mass is 35.5. The highest BCUT2D eigenvalue weighted by Crippen LogP contribution is 2.32. The molecule has 0 aliphatic carbocycles. The molecule has 1 spiro atoms. The first-order valence-corrected chi connectivity index (χ1v) is 9.31. The lowest BCUT2D eigenvalue weighted by Gasteiger charge is -2.37. The molecule has 4 rings (SSSR count). The fourth-order valence-corrected chi connectivity index (χ4v) is 3.48. The summed E-state index contributed by atoms with van der Waals surface area (Å²) in [5.41, 5.74) is 1.21. The van der Waals surface area contributed by atoms with Gasteiger partial charge >= 0.3 is 0 Å². The lowest BCUT2D eigenvalue weighted by molar-refractivity contribution is -0.169. The van der Waals surface area contributed by atoms with E-state index in [1.807, 2.05) is 24.3 Å². The minimum atomic E-state index is -0.378. The number of nitrogens with zero attached hydrogens (tertiary/aromatic N) is 4. The number of hydrogen-bond donors (Lipinski definition) is 1. The average Bonchev–Trinajstić information content (AvgIpc) is 3.12. The highest BCUT2D eigenvalue weighted by Gasteiger charge is 2.40.